The molecule has 3 rings (SSSR count). The summed E-state index contributed by atoms with van der Waals surface area (Å²) in [5.41, 5.74) is 0.436. The van der Waals surface area contributed by atoms with Crippen molar-refractivity contribution in [3.63, 3.8) is 0 Å². The Hall–Kier alpha value is -3.29. The molecule has 0 radical (unpaired) electrons. The highest BCUT2D eigenvalue weighted by Crippen LogP contribution is 2.36. The van der Waals surface area contributed by atoms with E-state index in [1.54, 1.807) is 31.4 Å². The summed E-state index contributed by atoms with van der Waals surface area (Å²) in [6.45, 7) is 1.37. The van der Waals surface area contributed by atoms with E-state index in [0.717, 1.165) is 5.39 Å². The molecule has 0 saturated heterocycles. The molecule has 0 aliphatic rings. The predicted octanol–water partition coefficient (Wildman–Crippen LogP) is 2.20. The van der Waals surface area contributed by atoms with Crippen LogP contribution < -0.4 is 14.8 Å². The molecule has 0 aliphatic heterocycles. The molecule has 2 aromatic carbocycles. The van der Waals surface area contributed by atoms with E-state index in [1.807, 2.05) is 0 Å². The van der Waals surface area contributed by atoms with Crippen LogP contribution in [-0.4, -0.2) is 42.4 Å². The van der Waals surface area contributed by atoms with Crippen molar-refractivity contribution in [3.05, 3.63) is 30.0 Å². The van der Waals surface area contributed by atoms with Crippen LogP contribution in [0.15, 0.2) is 28.8 Å². The number of methoxy groups -OCH3 is 2. The number of amides is 1. The number of ether oxygens (including phenoxy) is 2. The van der Waals surface area contributed by atoms with E-state index in [0.29, 0.717) is 27.9 Å². The van der Waals surface area contributed by atoms with E-state index in [-0.39, 0.29) is 5.69 Å². The highest BCUT2D eigenvalue weighted by molar-refractivity contribution is 6.12. The van der Waals surface area contributed by atoms with Crippen molar-refractivity contribution in [1.82, 2.24) is 10.5 Å². The van der Waals surface area contributed by atoms with E-state index < -0.39 is 17.9 Å². The van der Waals surface area contributed by atoms with Gasteiger partial charge in [-0.1, -0.05) is 11.2 Å². The number of aromatic nitrogens is 1. The number of carbonyl (C=O) groups is 2. The van der Waals surface area contributed by atoms with E-state index in [9.17, 15) is 9.59 Å². The molecule has 1 aromatic heterocycles. The average molecular weight is 344 g/mol. The van der Waals surface area contributed by atoms with E-state index in [4.69, 9.17) is 19.1 Å². The van der Waals surface area contributed by atoms with Crippen molar-refractivity contribution >= 4 is 33.6 Å². The number of nitrogens with one attached hydrogen (secondary N) is 1. The van der Waals surface area contributed by atoms with Crippen LogP contribution in [0.2, 0.25) is 0 Å². The minimum absolute atomic E-state index is 0.0276. The molecule has 0 saturated carbocycles. The van der Waals surface area contributed by atoms with Crippen LogP contribution in [0.25, 0.3) is 21.7 Å². The molecule has 1 atom stereocenters. The van der Waals surface area contributed by atoms with Crippen molar-refractivity contribution in [2.45, 2.75) is 13.0 Å². The summed E-state index contributed by atoms with van der Waals surface area (Å²) in [6, 6.07) is 5.99. The number of nitrogens with zero attached hydrogens (tertiary/aromatic N) is 1. The first-order chi connectivity index (χ1) is 12.0. The number of hydrogen-bond acceptors (Lipinski definition) is 6. The normalized spacial score (nSPS) is 12.1. The van der Waals surface area contributed by atoms with Gasteiger partial charge in [0.1, 0.15) is 6.04 Å². The highest BCUT2D eigenvalue weighted by atomic mass is 16.5. The predicted molar refractivity (Wildman–Crippen MR) is 89.2 cm³/mol. The fourth-order valence-corrected chi connectivity index (χ4v) is 2.54. The van der Waals surface area contributed by atoms with Crippen LogP contribution >= 0.6 is 0 Å². The first-order valence-corrected chi connectivity index (χ1v) is 7.44. The van der Waals surface area contributed by atoms with E-state index >= 15 is 0 Å². The molecule has 1 amide bonds. The quantitative estimate of drug-likeness (QED) is 0.730. The Bertz CT molecular complexity index is 978. The molecule has 130 valence electrons. The van der Waals surface area contributed by atoms with Crippen LogP contribution in [0.5, 0.6) is 11.5 Å². The van der Waals surface area contributed by atoms with Gasteiger partial charge in [0.2, 0.25) is 0 Å². The minimum Gasteiger partial charge on any atom is -0.493 e. The van der Waals surface area contributed by atoms with Gasteiger partial charge in [-0.25, -0.2) is 0 Å². The molecule has 0 spiro atoms. The smallest absolute Gasteiger partial charge is 0.325 e. The largest absolute Gasteiger partial charge is 0.493 e. The molecule has 8 heteroatoms. The van der Waals surface area contributed by atoms with Crippen LogP contribution in [-0.2, 0) is 4.79 Å². The zero-order chi connectivity index (χ0) is 18.1. The zero-order valence-corrected chi connectivity index (χ0v) is 13.8. The van der Waals surface area contributed by atoms with E-state index in [1.165, 1.54) is 14.0 Å². The van der Waals surface area contributed by atoms with Crippen molar-refractivity contribution in [2.75, 3.05) is 14.2 Å². The van der Waals surface area contributed by atoms with Gasteiger partial charge in [-0.3, -0.25) is 9.59 Å². The van der Waals surface area contributed by atoms with Gasteiger partial charge in [-0.05, 0) is 30.5 Å². The molecule has 1 heterocycles. The molecule has 0 unspecified atom stereocenters. The van der Waals surface area contributed by atoms with Gasteiger partial charge >= 0.3 is 5.97 Å². The maximum Gasteiger partial charge on any atom is 0.325 e. The molecule has 0 bridgehead atoms. The van der Waals surface area contributed by atoms with E-state index in [2.05, 4.69) is 10.5 Å². The Morgan fingerprint density at radius 1 is 1.16 bits per heavy atom. The third-order valence-corrected chi connectivity index (χ3v) is 3.89. The first kappa shape index (κ1) is 16.6. The molecule has 0 fully saturated rings. The summed E-state index contributed by atoms with van der Waals surface area (Å²) >= 11 is 0. The maximum atomic E-state index is 12.3. The third kappa shape index (κ3) is 2.82. The lowest BCUT2D eigenvalue weighted by molar-refractivity contribution is -0.138. The summed E-state index contributed by atoms with van der Waals surface area (Å²) in [5.74, 6) is -0.663. The fraction of sp³-hybridized carbons (Fsp3) is 0.235. The van der Waals surface area contributed by atoms with Crippen molar-refractivity contribution in [2.24, 2.45) is 0 Å². The maximum absolute atomic E-state index is 12.3. The lowest BCUT2D eigenvalue weighted by atomic mass is 10.1. The second kappa shape index (κ2) is 6.31. The topological polar surface area (TPSA) is 111 Å². The van der Waals surface area contributed by atoms with Gasteiger partial charge in [-0.15, -0.1) is 0 Å². The second-order valence-electron chi connectivity index (χ2n) is 5.44. The summed E-state index contributed by atoms with van der Waals surface area (Å²) in [7, 11) is 3.07. The van der Waals surface area contributed by atoms with Gasteiger partial charge in [0, 0.05) is 5.39 Å². The molecule has 8 nitrogen and oxygen atoms in total. The lowest BCUT2D eigenvalue weighted by Gasteiger charge is -2.09. The van der Waals surface area contributed by atoms with Crippen molar-refractivity contribution < 1.29 is 28.7 Å². The SMILES string of the molecule is COc1cc2ccc3c(C(=O)N[C@@H](C)C(=O)O)noc3c2cc1OC. The number of fused-ring (bicyclic) bond motifs is 3. The minimum atomic E-state index is -1.14. The van der Waals surface area contributed by atoms with Crippen LogP contribution in [0.1, 0.15) is 17.4 Å². The van der Waals surface area contributed by atoms with Crippen LogP contribution in [0, 0.1) is 0 Å². The number of rotatable bonds is 5. The zero-order valence-electron chi connectivity index (χ0n) is 13.8. The molecular formula is C17H16N2O6. The van der Waals surface area contributed by atoms with Gasteiger partial charge in [0.15, 0.2) is 22.8 Å². The van der Waals surface area contributed by atoms with Crippen molar-refractivity contribution in [1.29, 1.82) is 0 Å². The summed E-state index contributed by atoms with van der Waals surface area (Å²) < 4.78 is 15.9. The molecular weight excluding hydrogens is 328 g/mol. The number of aliphatic carboxylic acids is 1. The molecule has 25 heavy (non-hydrogen) atoms. The summed E-state index contributed by atoms with van der Waals surface area (Å²) in [6.07, 6.45) is 0. The standard InChI is InChI=1S/C17H16N2O6/c1-8(17(21)22)18-16(20)14-10-5-4-9-6-12(23-2)13(24-3)7-11(9)15(10)25-19-14/h4-8H,1-3H3,(H,18,20)(H,21,22)/t8-/m0/s1. The molecule has 3 aromatic rings. The fourth-order valence-electron chi connectivity index (χ4n) is 2.54. The first-order valence-electron chi connectivity index (χ1n) is 7.44. The summed E-state index contributed by atoms with van der Waals surface area (Å²) in [5, 5.41) is 17.1. The number of carboxylic acid groups (broad SMARTS) is 1. The average Bonchev–Trinajstić information content (AvgIpc) is 3.04. The number of carbonyl (C=O) groups excluding carboxylic acids is 1. The van der Waals surface area contributed by atoms with Crippen LogP contribution in [0.4, 0.5) is 0 Å². The second-order valence-corrected chi connectivity index (χ2v) is 5.44. The Labute approximate surface area is 142 Å². The van der Waals surface area contributed by atoms with Gasteiger partial charge in [0.05, 0.1) is 19.6 Å². The number of hydrogen-bond donors (Lipinski definition) is 2. The number of carboxylic acids is 1. The van der Waals surface area contributed by atoms with Gasteiger partial charge in [-0.2, -0.15) is 0 Å². The van der Waals surface area contributed by atoms with Gasteiger partial charge < -0.3 is 24.4 Å². The highest BCUT2D eigenvalue weighted by Gasteiger charge is 2.22. The van der Waals surface area contributed by atoms with Crippen LogP contribution in [0.3, 0.4) is 0 Å². The Morgan fingerprint density at radius 3 is 2.48 bits per heavy atom. The Kier molecular flexibility index (Phi) is 4.18. The summed E-state index contributed by atoms with van der Waals surface area (Å²) in [4.78, 5) is 23.1. The number of benzene rings is 2. The molecule has 2 N–H and O–H groups in total. The Balaban J connectivity index is 2.11. The third-order valence-electron chi connectivity index (χ3n) is 3.89. The molecule has 0 aliphatic carbocycles. The van der Waals surface area contributed by atoms with Gasteiger partial charge in [0.25, 0.3) is 5.91 Å². The Morgan fingerprint density at radius 2 is 1.84 bits per heavy atom. The lowest BCUT2D eigenvalue weighted by Crippen LogP contribution is -2.38. The monoisotopic (exact) mass is 344 g/mol. The van der Waals surface area contributed by atoms with Crippen molar-refractivity contribution in [3.8, 4) is 11.5 Å².